The summed E-state index contributed by atoms with van der Waals surface area (Å²) in [7, 11) is 0. The first kappa shape index (κ1) is 25.6. The zero-order valence-electron chi connectivity index (χ0n) is 21.0. The molecule has 0 aromatic carbocycles. The van der Waals surface area contributed by atoms with Gasteiger partial charge in [0.25, 0.3) is 6.08 Å². The second-order valence-corrected chi connectivity index (χ2v) is 12.0. The number of ether oxygens (including phenoxy) is 2. The van der Waals surface area contributed by atoms with E-state index in [-0.39, 0.29) is 5.92 Å². The SMILES string of the molecule is CC1CCC(C2CCC(OCCCC3CCC(C4CCC(C=C(F)F)CC4)CC3)CC2)OC1. The van der Waals surface area contributed by atoms with Gasteiger partial charge in [0.2, 0.25) is 0 Å². The van der Waals surface area contributed by atoms with Gasteiger partial charge in [0.15, 0.2) is 0 Å². The third-order valence-electron chi connectivity index (χ3n) is 9.63. The molecular formula is C29H48F2O2. The molecule has 0 aromatic rings. The Morgan fingerprint density at radius 3 is 2.03 bits per heavy atom. The summed E-state index contributed by atoms with van der Waals surface area (Å²) in [6.45, 7) is 4.20. The standard InChI is InChI=1S/C29H48F2O2/c1-21-4-17-28(33-20-21)26-13-15-27(16-14-26)32-18-2-3-22-5-9-24(10-6-22)25-11-7-23(8-12-25)19-29(30)31/h19,21-28H,2-18,20H2,1H3. The summed E-state index contributed by atoms with van der Waals surface area (Å²) < 4.78 is 37.4. The summed E-state index contributed by atoms with van der Waals surface area (Å²) in [5, 5.41) is 0. The van der Waals surface area contributed by atoms with Gasteiger partial charge in [-0.2, -0.15) is 8.78 Å². The van der Waals surface area contributed by atoms with Crippen molar-refractivity contribution in [1.29, 1.82) is 0 Å². The molecule has 0 spiro atoms. The average molecular weight is 467 g/mol. The van der Waals surface area contributed by atoms with Gasteiger partial charge in [-0.1, -0.05) is 19.8 Å². The minimum atomic E-state index is -1.49. The highest BCUT2D eigenvalue weighted by Crippen LogP contribution is 2.42. The lowest BCUT2D eigenvalue weighted by atomic mass is 9.69. The van der Waals surface area contributed by atoms with Gasteiger partial charge in [-0.25, -0.2) is 0 Å². The van der Waals surface area contributed by atoms with Gasteiger partial charge in [-0.15, -0.1) is 0 Å². The second-order valence-electron chi connectivity index (χ2n) is 12.0. The van der Waals surface area contributed by atoms with Crippen LogP contribution in [0.1, 0.15) is 110 Å². The molecule has 1 aliphatic heterocycles. The molecular weight excluding hydrogens is 418 g/mol. The van der Waals surface area contributed by atoms with Crippen molar-refractivity contribution in [3.63, 3.8) is 0 Å². The summed E-state index contributed by atoms with van der Waals surface area (Å²) >= 11 is 0. The molecule has 4 heteroatoms. The van der Waals surface area contributed by atoms with Crippen LogP contribution in [0.4, 0.5) is 8.78 Å². The van der Waals surface area contributed by atoms with E-state index >= 15 is 0 Å². The number of hydrogen-bond donors (Lipinski definition) is 0. The van der Waals surface area contributed by atoms with Crippen LogP contribution in [0.5, 0.6) is 0 Å². The summed E-state index contributed by atoms with van der Waals surface area (Å²) in [6, 6.07) is 0. The Morgan fingerprint density at radius 2 is 1.42 bits per heavy atom. The second kappa shape index (κ2) is 13.0. The number of allylic oxidation sites excluding steroid dienone is 1. The van der Waals surface area contributed by atoms with E-state index in [1.54, 1.807) is 0 Å². The van der Waals surface area contributed by atoms with Crippen LogP contribution in [0.3, 0.4) is 0 Å². The summed E-state index contributed by atoms with van der Waals surface area (Å²) in [6.07, 6.45) is 20.6. The molecule has 0 radical (unpaired) electrons. The van der Waals surface area contributed by atoms with E-state index in [0.717, 1.165) is 68.5 Å². The van der Waals surface area contributed by atoms with Crippen molar-refractivity contribution in [1.82, 2.24) is 0 Å². The van der Waals surface area contributed by atoms with Crippen molar-refractivity contribution in [2.45, 2.75) is 122 Å². The molecule has 1 heterocycles. The number of hydrogen-bond acceptors (Lipinski definition) is 2. The Morgan fingerprint density at radius 1 is 0.788 bits per heavy atom. The van der Waals surface area contributed by atoms with Gasteiger partial charge in [-0.3, -0.25) is 0 Å². The summed E-state index contributed by atoms with van der Waals surface area (Å²) in [5.74, 6) is 4.16. The van der Waals surface area contributed by atoms with E-state index in [2.05, 4.69) is 6.92 Å². The van der Waals surface area contributed by atoms with Crippen LogP contribution in [0, 0.1) is 35.5 Å². The lowest BCUT2D eigenvalue weighted by Crippen LogP contribution is -2.35. The maximum atomic E-state index is 12.5. The highest BCUT2D eigenvalue weighted by Gasteiger charge is 2.32. The van der Waals surface area contributed by atoms with E-state index in [1.807, 2.05) is 0 Å². The number of rotatable bonds is 8. The Bertz CT molecular complexity index is 572. The molecule has 0 amide bonds. The van der Waals surface area contributed by atoms with Gasteiger partial charge in [0, 0.05) is 13.2 Å². The van der Waals surface area contributed by atoms with Gasteiger partial charge in [-0.05, 0) is 131 Å². The molecule has 2 atom stereocenters. The van der Waals surface area contributed by atoms with Crippen LogP contribution in [0.2, 0.25) is 0 Å². The fourth-order valence-corrected chi connectivity index (χ4v) is 7.43. The van der Waals surface area contributed by atoms with Crippen LogP contribution < -0.4 is 0 Å². The van der Waals surface area contributed by atoms with Gasteiger partial charge in [0.05, 0.1) is 12.2 Å². The Balaban J connectivity index is 1.03. The molecule has 3 saturated carbocycles. The van der Waals surface area contributed by atoms with Crippen molar-refractivity contribution in [2.75, 3.05) is 13.2 Å². The number of halogens is 2. The van der Waals surface area contributed by atoms with E-state index in [4.69, 9.17) is 9.47 Å². The monoisotopic (exact) mass is 466 g/mol. The Labute approximate surface area is 201 Å². The first-order chi connectivity index (χ1) is 16.1. The fourth-order valence-electron chi connectivity index (χ4n) is 7.43. The van der Waals surface area contributed by atoms with E-state index in [9.17, 15) is 8.78 Å². The fraction of sp³-hybridized carbons (Fsp3) is 0.931. The van der Waals surface area contributed by atoms with Crippen LogP contribution in [0.25, 0.3) is 0 Å². The van der Waals surface area contributed by atoms with Crippen molar-refractivity contribution < 1.29 is 18.3 Å². The predicted octanol–water partition coefficient (Wildman–Crippen LogP) is 8.55. The minimum absolute atomic E-state index is 0.127. The molecule has 4 rings (SSSR count). The molecule has 0 bridgehead atoms. The van der Waals surface area contributed by atoms with Gasteiger partial charge in [0.1, 0.15) is 0 Å². The molecule has 1 saturated heterocycles. The van der Waals surface area contributed by atoms with Crippen LogP contribution in [-0.2, 0) is 9.47 Å². The third kappa shape index (κ3) is 8.02. The average Bonchev–Trinajstić information content (AvgIpc) is 2.83. The highest BCUT2D eigenvalue weighted by molar-refractivity contribution is 4.92. The van der Waals surface area contributed by atoms with E-state index in [1.165, 1.54) is 83.1 Å². The molecule has 4 fully saturated rings. The summed E-state index contributed by atoms with van der Waals surface area (Å²) in [5.41, 5.74) is 0. The first-order valence-electron chi connectivity index (χ1n) is 14.3. The first-order valence-corrected chi connectivity index (χ1v) is 14.3. The molecule has 190 valence electrons. The Kier molecular flexibility index (Phi) is 10.1. The lowest BCUT2D eigenvalue weighted by Gasteiger charge is -2.37. The third-order valence-corrected chi connectivity index (χ3v) is 9.63. The van der Waals surface area contributed by atoms with Crippen LogP contribution in [-0.4, -0.2) is 25.4 Å². The molecule has 3 aliphatic carbocycles. The lowest BCUT2D eigenvalue weighted by molar-refractivity contribution is -0.0672. The molecule has 0 N–H and O–H groups in total. The predicted molar refractivity (Wildman–Crippen MR) is 130 cm³/mol. The van der Waals surface area contributed by atoms with Crippen LogP contribution in [0.15, 0.2) is 12.2 Å². The van der Waals surface area contributed by atoms with Crippen molar-refractivity contribution in [2.24, 2.45) is 35.5 Å². The van der Waals surface area contributed by atoms with Crippen molar-refractivity contribution >= 4 is 0 Å². The van der Waals surface area contributed by atoms with E-state index in [0.29, 0.717) is 12.2 Å². The zero-order chi connectivity index (χ0) is 23.0. The topological polar surface area (TPSA) is 18.5 Å². The molecule has 2 nitrogen and oxygen atoms in total. The molecule has 2 unspecified atom stereocenters. The van der Waals surface area contributed by atoms with E-state index < -0.39 is 6.08 Å². The van der Waals surface area contributed by atoms with Crippen molar-refractivity contribution in [3.05, 3.63) is 12.2 Å². The molecule has 33 heavy (non-hydrogen) atoms. The van der Waals surface area contributed by atoms with Gasteiger partial charge >= 0.3 is 0 Å². The molecule has 4 aliphatic rings. The van der Waals surface area contributed by atoms with Crippen molar-refractivity contribution in [3.8, 4) is 0 Å². The zero-order valence-corrected chi connectivity index (χ0v) is 21.0. The largest absolute Gasteiger partial charge is 0.378 e. The summed E-state index contributed by atoms with van der Waals surface area (Å²) in [4.78, 5) is 0. The van der Waals surface area contributed by atoms with Gasteiger partial charge < -0.3 is 9.47 Å². The normalized spacial score (nSPS) is 40.3. The van der Waals surface area contributed by atoms with Crippen LogP contribution >= 0.6 is 0 Å². The molecule has 0 aromatic heterocycles. The Hall–Kier alpha value is -0.480. The smallest absolute Gasteiger partial charge is 0.266 e. The minimum Gasteiger partial charge on any atom is -0.378 e. The quantitative estimate of drug-likeness (QED) is 0.334. The highest BCUT2D eigenvalue weighted by atomic mass is 19.3. The maximum Gasteiger partial charge on any atom is 0.266 e. The maximum absolute atomic E-state index is 12.5.